The van der Waals surface area contributed by atoms with Gasteiger partial charge in [-0.1, -0.05) is 17.7 Å². The van der Waals surface area contributed by atoms with Crippen LogP contribution in [0.15, 0.2) is 30.3 Å². The second kappa shape index (κ2) is 5.63. The summed E-state index contributed by atoms with van der Waals surface area (Å²) in [6.45, 7) is 0. The minimum absolute atomic E-state index is 0.125. The van der Waals surface area contributed by atoms with Gasteiger partial charge >= 0.3 is 0 Å². The lowest BCUT2D eigenvalue weighted by atomic mass is 10.0. The molecule has 0 bridgehead atoms. The van der Waals surface area contributed by atoms with Gasteiger partial charge in [-0.25, -0.2) is 17.6 Å². The number of benzene rings is 2. The monoisotopic (exact) mass is 302 g/mol. The second-order valence-corrected chi connectivity index (χ2v) is 4.50. The van der Waals surface area contributed by atoms with Crippen LogP contribution in [0.5, 0.6) is 0 Å². The van der Waals surface area contributed by atoms with E-state index in [0.29, 0.717) is 12.1 Å². The number of Topliss-reactive ketones (excluding diaryl/α,β-unsaturated/α-hetero) is 1. The number of halogens is 5. The van der Waals surface area contributed by atoms with Crippen LogP contribution in [0.2, 0.25) is 5.02 Å². The first-order valence-electron chi connectivity index (χ1n) is 5.50. The fraction of sp³-hybridized carbons (Fsp3) is 0.0714. The van der Waals surface area contributed by atoms with E-state index in [1.165, 1.54) is 12.1 Å². The number of hydrogen-bond donors (Lipinski definition) is 0. The van der Waals surface area contributed by atoms with Crippen molar-refractivity contribution >= 4 is 17.4 Å². The summed E-state index contributed by atoms with van der Waals surface area (Å²) in [4.78, 5) is 11.8. The number of carbonyl (C=O) groups excluding carboxylic acids is 1. The molecule has 2 rings (SSSR count). The van der Waals surface area contributed by atoms with Gasteiger partial charge in [-0.05, 0) is 17.7 Å². The summed E-state index contributed by atoms with van der Waals surface area (Å²) in [5, 5.41) is -0.125. The Hall–Kier alpha value is -1.88. The van der Waals surface area contributed by atoms with Gasteiger partial charge in [0.25, 0.3) is 0 Å². The molecule has 0 aliphatic rings. The van der Waals surface area contributed by atoms with E-state index in [2.05, 4.69) is 0 Å². The molecule has 0 atom stereocenters. The summed E-state index contributed by atoms with van der Waals surface area (Å²) in [5.74, 6) is -5.35. The Labute approximate surface area is 116 Å². The van der Waals surface area contributed by atoms with Crippen LogP contribution in [0.25, 0.3) is 0 Å². The molecule has 1 nitrogen and oxygen atoms in total. The molecule has 0 radical (unpaired) electrons. The maximum Gasteiger partial charge on any atom is 0.173 e. The van der Waals surface area contributed by atoms with Crippen molar-refractivity contribution in [3.63, 3.8) is 0 Å². The Morgan fingerprint density at radius 2 is 1.55 bits per heavy atom. The summed E-state index contributed by atoms with van der Waals surface area (Å²) in [7, 11) is 0. The Morgan fingerprint density at radius 3 is 2.10 bits per heavy atom. The SMILES string of the molecule is O=C(Cc1ccc(Cl)c(F)c1)c1c(F)cc(F)cc1F. The van der Waals surface area contributed by atoms with Crippen molar-refractivity contribution in [3.8, 4) is 0 Å². The van der Waals surface area contributed by atoms with E-state index in [4.69, 9.17) is 11.6 Å². The Kier molecular flexibility index (Phi) is 4.09. The van der Waals surface area contributed by atoms with Crippen LogP contribution in [-0.4, -0.2) is 5.78 Å². The third kappa shape index (κ3) is 2.99. The predicted molar refractivity (Wildman–Crippen MR) is 65.8 cm³/mol. The van der Waals surface area contributed by atoms with E-state index in [9.17, 15) is 22.4 Å². The van der Waals surface area contributed by atoms with E-state index in [-0.39, 0.29) is 10.6 Å². The van der Waals surface area contributed by atoms with E-state index in [0.717, 1.165) is 6.07 Å². The Morgan fingerprint density at radius 1 is 0.950 bits per heavy atom. The predicted octanol–water partition coefficient (Wildman–Crippen LogP) is 4.32. The van der Waals surface area contributed by atoms with E-state index < -0.39 is 41.0 Å². The number of carbonyl (C=O) groups is 1. The summed E-state index contributed by atoms with van der Waals surface area (Å²) < 4.78 is 52.8. The van der Waals surface area contributed by atoms with Crippen LogP contribution < -0.4 is 0 Å². The van der Waals surface area contributed by atoms with Crippen LogP contribution in [0.4, 0.5) is 17.6 Å². The van der Waals surface area contributed by atoms with Crippen LogP contribution in [0.3, 0.4) is 0 Å². The minimum Gasteiger partial charge on any atom is -0.294 e. The van der Waals surface area contributed by atoms with Gasteiger partial charge < -0.3 is 0 Å². The first kappa shape index (κ1) is 14.5. The van der Waals surface area contributed by atoms with E-state index >= 15 is 0 Å². The lowest BCUT2D eigenvalue weighted by Crippen LogP contribution is -2.10. The van der Waals surface area contributed by atoms with Crippen LogP contribution in [0, 0.1) is 23.3 Å². The fourth-order valence-corrected chi connectivity index (χ4v) is 1.85. The summed E-state index contributed by atoms with van der Waals surface area (Å²) >= 11 is 5.48. The molecule has 104 valence electrons. The van der Waals surface area contributed by atoms with Crippen molar-refractivity contribution in [2.75, 3.05) is 0 Å². The van der Waals surface area contributed by atoms with E-state index in [1.807, 2.05) is 0 Å². The third-order valence-corrected chi connectivity index (χ3v) is 2.94. The van der Waals surface area contributed by atoms with Gasteiger partial charge in [0.15, 0.2) is 5.78 Å². The van der Waals surface area contributed by atoms with Crippen LogP contribution in [0.1, 0.15) is 15.9 Å². The van der Waals surface area contributed by atoms with Gasteiger partial charge in [-0.2, -0.15) is 0 Å². The quantitative estimate of drug-likeness (QED) is 0.609. The first-order chi connectivity index (χ1) is 9.38. The molecule has 0 N–H and O–H groups in total. The normalized spacial score (nSPS) is 10.7. The molecule has 0 heterocycles. The average Bonchev–Trinajstić information content (AvgIpc) is 2.32. The summed E-state index contributed by atoms with van der Waals surface area (Å²) in [6, 6.07) is 4.43. The van der Waals surface area contributed by atoms with Crippen LogP contribution in [-0.2, 0) is 6.42 Å². The van der Waals surface area contributed by atoms with Crippen molar-refractivity contribution in [2.45, 2.75) is 6.42 Å². The van der Waals surface area contributed by atoms with Gasteiger partial charge in [-0.3, -0.25) is 4.79 Å². The van der Waals surface area contributed by atoms with Crippen molar-refractivity contribution in [3.05, 3.63) is 69.8 Å². The average molecular weight is 303 g/mol. The fourth-order valence-electron chi connectivity index (χ4n) is 1.73. The number of rotatable bonds is 3. The molecule has 20 heavy (non-hydrogen) atoms. The highest BCUT2D eigenvalue weighted by Crippen LogP contribution is 2.20. The molecule has 0 unspecified atom stereocenters. The van der Waals surface area contributed by atoms with Gasteiger partial charge in [0.1, 0.15) is 23.3 Å². The summed E-state index contributed by atoms with van der Waals surface area (Å²) in [6.07, 6.45) is -0.423. The largest absolute Gasteiger partial charge is 0.294 e. The Balaban J connectivity index is 2.31. The second-order valence-electron chi connectivity index (χ2n) is 4.09. The molecule has 0 saturated carbocycles. The highest BCUT2D eigenvalue weighted by atomic mass is 35.5. The lowest BCUT2D eigenvalue weighted by molar-refractivity contribution is 0.0984. The highest BCUT2D eigenvalue weighted by molar-refractivity contribution is 6.30. The van der Waals surface area contributed by atoms with Crippen molar-refractivity contribution < 1.29 is 22.4 Å². The topological polar surface area (TPSA) is 17.1 Å². The van der Waals surface area contributed by atoms with Crippen molar-refractivity contribution in [2.24, 2.45) is 0 Å². The molecule has 0 aromatic heterocycles. The smallest absolute Gasteiger partial charge is 0.173 e. The molecular formula is C14H7ClF4O. The number of ketones is 1. The highest BCUT2D eigenvalue weighted by Gasteiger charge is 2.19. The van der Waals surface area contributed by atoms with Gasteiger partial charge in [-0.15, -0.1) is 0 Å². The maximum atomic E-state index is 13.4. The first-order valence-corrected chi connectivity index (χ1v) is 5.88. The lowest BCUT2D eigenvalue weighted by Gasteiger charge is -2.05. The molecule has 2 aromatic rings. The van der Waals surface area contributed by atoms with Gasteiger partial charge in [0.05, 0.1) is 10.6 Å². The third-order valence-electron chi connectivity index (χ3n) is 2.63. The minimum atomic E-state index is -1.29. The molecular weight excluding hydrogens is 296 g/mol. The van der Waals surface area contributed by atoms with E-state index in [1.54, 1.807) is 0 Å². The molecule has 2 aromatic carbocycles. The molecule has 0 amide bonds. The zero-order valence-corrected chi connectivity index (χ0v) is 10.6. The zero-order chi connectivity index (χ0) is 14.9. The van der Waals surface area contributed by atoms with Gasteiger partial charge in [0.2, 0.25) is 0 Å². The van der Waals surface area contributed by atoms with Gasteiger partial charge in [0, 0.05) is 18.6 Å². The molecule has 0 spiro atoms. The van der Waals surface area contributed by atoms with Crippen molar-refractivity contribution in [1.82, 2.24) is 0 Å². The summed E-state index contributed by atoms with van der Waals surface area (Å²) in [5.41, 5.74) is -0.637. The zero-order valence-electron chi connectivity index (χ0n) is 9.89. The van der Waals surface area contributed by atoms with Crippen LogP contribution >= 0.6 is 11.6 Å². The molecule has 0 fully saturated rings. The molecule has 0 saturated heterocycles. The maximum absolute atomic E-state index is 13.4. The molecule has 0 aliphatic carbocycles. The number of hydrogen-bond acceptors (Lipinski definition) is 1. The molecule has 0 aliphatic heterocycles. The Bertz CT molecular complexity index is 662. The molecule has 6 heteroatoms. The van der Waals surface area contributed by atoms with Crippen molar-refractivity contribution in [1.29, 1.82) is 0 Å². The standard InChI is InChI=1S/C14H7ClF4O/c15-9-2-1-7(3-10(9)17)4-13(20)14-11(18)5-8(16)6-12(14)19/h1-3,5-6H,4H2.